The van der Waals surface area contributed by atoms with Crippen molar-refractivity contribution in [1.82, 2.24) is 4.90 Å². The molecule has 0 aromatic heterocycles. The Hall–Kier alpha value is -1.00. The molecule has 19 heavy (non-hydrogen) atoms. The lowest BCUT2D eigenvalue weighted by Gasteiger charge is -2.41. The lowest BCUT2D eigenvalue weighted by atomic mass is 9.84. The Morgan fingerprint density at radius 3 is 2.84 bits per heavy atom. The minimum absolute atomic E-state index is 0.334. The van der Waals surface area contributed by atoms with E-state index in [9.17, 15) is 0 Å². The molecule has 2 fully saturated rings. The van der Waals surface area contributed by atoms with E-state index in [1.54, 1.807) is 5.57 Å². The molecule has 1 heterocycles. The van der Waals surface area contributed by atoms with Crippen LogP contribution in [0.1, 0.15) is 52.9 Å². The molecular weight excluding hydrogens is 230 g/mol. The van der Waals surface area contributed by atoms with Gasteiger partial charge in [-0.3, -0.25) is 4.90 Å². The first-order valence-corrected chi connectivity index (χ1v) is 7.78. The Kier molecular flexibility index (Phi) is 3.31. The van der Waals surface area contributed by atoms with Gasteiger partial charge in [-0.15, -0.1) is 0 Å². The number of piperidine rings is 1. The SMILES string of the molecule is CC(C)N1CCCC2=C(C#CC3(C)CC3)C=CCC21. The Morgan fingerprint density at radius 1 is 1.37 bits per heavy atom. The fraction of sp³-hybridized carbons (Fsp3) is 0.667. The van der Waals surface area contributed by atoms with Crippen molar-refractivity contribution in [3.63, 3.8) is 0 Å². The Labute approximate surface area is 117 Å². The molecule has 0 aromatic rings. The summed E-state index contributed by atoms with van der Waals surface area (Å²) >= 11 is 0. The lowest BCUT2D eigenvalue weighted by molar-refractivity contribution is 0.148. The van der Waals surface area contributed by atoms with E-state index < -0.39 is 0 Å². The van der Waals surface area contributed by atoms with E-state index in [2.05, 4.69) is 49.7 Å². The second-order valence-corrected chi connectivity index (χ2v) is 6.84. The van der Waals surface area contributed by atoms with Gasteiger partial charge in [0, 0.05) is 23.1 Å². The summed E-state index contributed by atoms with van der Waals surface area (Å²) in [6.45, 7) is 8.17. The number of fused-ring (bicyclic) bond motifs is 1. The number of hydrogen-bond donors (Lipinski definition) is 0. The molecular formula is C18H25N. The number of rotatable bonds is 1. The molecule has 102 valence electrons. The van der Waals surface area contributed by atoms with Gasteiger partial charge in [-0.2, -0.15) is 0 Å². The molecule has 0 bridgehead atoms. The van der Waals surface area contributed by atoms with Crippen LogP contribution in [0.2, 0.25) is 0 Å². The van der Waals surface area contributed by atoms with E-state index >= 15 is 0 Å². The van der Waals surface area contributed by atoms with Crippen molar-refractivity contribution in [2.75, 3.05) is 6.54 Å². The Balaban J connectivity index is 1.88. The zero-order valence-electron chi connectivity index (χ0n) is 12.5. The maximum atomic E-state index is 3.50. The van der Waals surface area contributed by atoms with E-state index in [0.717, 1.165) is 0 Å². The van der Waals surface area contributed by atoms with Crippen LogP contribution in [0.4, 0.5) is 0 Å². The third-order valence-corrected chi connectivity index (χ3v) is 4.82. The van der Waals surface area contributed by atoms with Crippen LogP contribution in [-0.4, -0.2) is 23.5 Å². The van der Waals surface area contributed by atoms with Crippen LogP contribution in [0.25, 0.3) is 0 Å². The van der Waals surface area contributed by atoms with Crippen molar-refractivity contribution >= 4 is 0 Å². The molecule has 3 rings (SSSR count). The first kappa shape index (κ1) is 13.0. The minimum atomic E-state index is 0.334. The van der Waals surface area contributed by atoms with Gasteiger partial charge < -0.3 is 0 Å². The highest BCUT2D eigenvalue weighted by molar-refractivity contribution is 5.48. The molecule has 0 aromatic carbocycles. The number of nitrogens with zero attached hydrogens (tertiary/aromatic N) is 1. The molecule has 2 aliphatic carbocycles. The van der Waals surface area contributed by atoms with Gasteiger partial charge in [-0.25, -0.2) is 0 Å². The molecule has 0 amide bonds. The van der Waals surface area contributed by atoms with Crippen molar-refractivity contribution in [3.8, 4) is 11.8 Å². The average molecular weight is 255 g/mol. The maximum absolute atomic E-state index is 3.50. The molecule has 0 radical (unpaired) electrons. The lowest BCUT2D eigenvalue weighted by Crippen LogP contribution is -2.45. The van der Waals surface area contributed by atoms with Gasteiger partial charge in [0.2, 0.25) is 0 Å². The molecule has 1 atom stereocenters. The van der Waals surface area contributed by atoms with Crippen molar-refractivity contribution in [2.45, 2.75) is 65.0 Å². The zero-order valence-corrected chi connectivity index (χ0v) is 12.5. The highest BCUT2D eigenvalue weighted by atomic mass is 15.2. The second kappa shape index (κ2) is 4.84. The van der Waals surface area contributed by atoms with Crippen LogP contribution in [-0.2, 0) is 0 Å². The number of likely N-dealkylation sites (tertiary alicyclic amines) is 1. The summed E-state index contributed by atoms with van der Waals surface area (Å²) in [4.78, 5) is 2.66. The molecule has 1 aliphatic heterocycles. The third-order valence-electron chi connectivity index (χ3n) is 4.82. The fourth-order valence-corrected chi connectivity index (χ4v) is 3.26. The normalized spacial score (nSPS) is 28.9. The first-order chi connectivity index (χ1) is 9.09. The van der Waals surface area contributed by atoms with Crippen molar-refractivity contribution in [2.24, 2.45) is 5.41 Å². The van der Waals surface area contributed by atoms with Crippen LogP contribution in [0.15, 0.2) is 23.3 Å². The van der Waals surface area contributed by atoms with Gasteiger partial charge in [0.15, 0.2) is 0 Å². The number of hydrogen-bond acceptors (Lipinski definition) is 1. The molecule has 1 unspecified atom stereocenters. The molecule has 3 aliphatic rings. The Morgan fingerprint density at radius 2 is 2.16 bits per heavy atom. The molecule has 1 saturated heterocycles. The van der Waals surface area contributed by atoms with Crippen LogP contribution >= 0.6 is 0 Å². The summed E-state index contributed by atoms with van der Waals surface area (Å²) in [5.41, 5.74) is 3.27. The average Bonchev–Trinajstić information content (AvgIpc) is 3.14. The fourth-order valence-electron chi connectivity index (χ4n) is 3.26. The monoisotopic (exact) mass is 255 g/mol. The van der Waals surface area contributed by atoms with E-state index in [1.165, 1.54) is 44.2 Å². The summed E-state index contributed by atoms with van der Waals surface area (Å²) < 4.78 is 0. The zero-order chi connectivity index (χ0) is 13.5. The molecule has 1 saturated carbocycles. The third kappa shape index (κ3) is 2.65. The van der Waals surface area contributed by atoms with Crippen LogP contribution in [0.3, 0.4) is 0 Å². The second-order valence-electron chi connectivity index (χ2n) is 6.84. The molecule has 0 N–H and O–H groups in total. The predicted molar refractivity (Wildman–Crippen MR) is 80.8 cm³/mol. The molecule has 0 spiro atoms. The summed E-state index contributed by atoms with van der Waals surface area (Å²) in [5.74, 6) is 7.00. The van der Waals surface area contributed by atoms with Crippen LogP contribution in [0.5, 0.6) is 0 Å². The standard InChI is InChI=1S/C18H25N/c1-14(2)19-13-5-7-16-15(6-4-8-17(16)19)9-10-18(3)11-12-18/h4,6,14,17H,5,7-8,11-13H2,1-3H3. The van der Waals surface area contributed by atoms with Crippen LogP contribution in [0, 0.1) is 17.3 Å². The summed E-state index contributed by atoms with van der Waals surface area (Å²) in [5, 5.41) is 0. The van der Waals surface area contributed by atoms with E-state index in [1.807, 2.05) is 0 Å². The largest absolute Gasteiger partial charge is 0.294 e. The van der Waals surface area contributed by atoms with Gasteiger partial charge in [0.25, 0.3) is 0 Å². The maximum Gasteiger partial charge on any atom is 0.0360 e. The molecule has 1 nitrogen and oxygen atoms in total. The predicted octanol–water partition coefficient (Wildman–Crippen LogP) is 3.92. The summed E-state index contributed by atoms with van der Waals surface area (Å²) in [6.07, 6.45) is 10.9. The van der Waals surface area contributed by atoms with Crippen molar-refractivity contribution in [1.29, 1.82) is 0 Å². The van der Waals surface area contributed by atoms with Crippen LogP contribution < -0.4 is 0 Å². The van der Waals surface area contributed by atoms with Gasteiger partial charge in [-0.1, -0.05) is 24.0 Å². The van der Waals surface area contributed by atoms with Gasteiger partial charge in [0.1, 0.15) is 0 Å². The van der Waals surface area contributed by atoms with Gasteiger partial charge in [-0.05, 0) is 65.0 Å². The first-order valence-electron chi connectivity index (χ1n) is 7.78. The highest BCUT2D eigenvalue weighted by Crippen LogP contribution is 2.44. The Bertz CT molecular complexity index is 480. The van der Waals surface area contributed by atoms with E-state index in [4.69, 9.17) is 0 Å². The number of allylic oxidation sites excluding steroid dienone is 2. The highest BCUT2D eigenvalue weighted by Gasteiger charge is 2.35. The molecule has 1 heteroatoms. The summed E-state index contributed by atoms with van der Waals surface area (Å²) in [7, 11) is 0. The van der Waals surface area contributed by atoms with Crippen molar-refractivity contribution < 1.29 is 0 Å². The topological polar surface area (TPSA) is 3.24 Å². The van der Waals surface area contributed by atoms with E-state index in [0.29, 0.717) is 17.5 Å². The van der Waals surface area contributed by atoms with Gasteiger partial charge >= 0.3 is 0 Å². The van der Waals surface area contributed by atoms with Gasteiger partial charge in [0.05, 0.1) is 0 Å². The minimum Gasteiger partial charge on any atom is -0.294 e. The van der Waals surface area contributed by atoms with E-state index in [-0.39, 0.29) is 0 Å². The van der Waals surface area contributed by atoms with Crippen molar-refractivity contribution in [3.05, 3.63) is 23.3 Å². The summed E-state index contributed by atoms with van der Waals surface area (Å²) in [6, 6.07) is 1.26. The quantitative estimate of drug-likeness (QED) is 0.642. The smallest absolute Gasteiger partial charge is 0.0360 e.